The average molecular weight is 365 g/mol. The number of para-hydroxylation sites is 1. The van der Waals surface area contributed by atoms with Gasteiger partial charge < -0.3 is 10.0 Å². The van der Waals surface area contributed by atoms with E-state index in [2.05, 4.69) is 72.6 Å². The van der Waals surface area contributed by atoms with Crippen LogP contribution >= 0.6 is 0 Å². The Morgan fingerprint density at radius 3 is 2.46 bits per heavy atom. The van der Waals surface area contributed by atoms with Gasteiger partial charge in [-0.15, -0.1) is 0 Å². The van der Waals surface area contributed by atoms with Crippen molar-refractivity contribution in [3.8, 4) is 16.9 Å². The Labute approximate surface area is 165 Å². The third-order valence-corrected chi connectivity index (χ3v) is 5.84. The lowest BCUT2D eigenvalue weighted by molar-refractivity contribution is 0.295. The van der Waals surface area contributed by atoms with Crippen LogP contribution in [-0.2, 0) is 6.54 Å². The molecule has 1 aliphatic heterocycles. The topological polar surface area (TPSA) is 23.5 Å². The predicted octanol–water partition coefficient (Wildman–Crippen LogP) is 5.79. The summed E-state index contributed by atoms with van der Waals surface area (Å²) in [4.78, 5) is 2.39. The van der Waals surface area contributed by atoms with E-state index < -0.39 is 0 Å². The van der Waals surface area contributed by atoms with Crippen LogP contribution in [0.5, 0.6) is 5.75 Å². The Balaban J connectivity index is 1.60. The van der Waals surface area contributed by atoms with E-state index in [0.717, 1.165) is 24.2 Å². The molecule has 0 saturated carbocycles. The normalized spacial score (nSPS) is 16.8. The van der Waals surface area contributed by atoms with Crippen molar-refractivity contribution in [2.75, 3.05) is 13.6 Å². The maximum absolute atomic E-state index is 10.2. The lowest BCUT2D eigenvalue weighted by atomic mass is 9.83. The first-order chi connectivity index (χ1) is 13.7. The van der Waals surface area contributed by atoms with E-state index in [1.165, 1.54) is 27.5 Å². The molecular formula is C26H23NO. The van der Waals surface area contributed by atoms with Gasteiger partial charge in [-0.05, 0) is 52.2 Å². The number of fused-ring (bicyclic) bond motifs is 2. The number of phenols is 1. The van der Waals surface area contributed by atoms with Gasteiger partial charge in [0.2, 0.25) is 0 Å². The van der Waals surface area contributed by atoms with Crippen molar-refractivity contribution in [3.63, 3.8) is 0 Å². The Hall–Kier alpha value is -3.10. The molecule has 138 valence electrons. The zero-order valence-corrected chi connectivity index (χ0v) is 16.0. The summed E-state index contributed by atoms with van der Waals surface area (Å²) in [5.74, 6) is 0.689. The fourth-order valence-corrected chi connectivity index (χ4v) is 4.44. The number of rotatable bonds is 2. The van der Waals surface area contributed by atoms with Crippen molar-refractivity contribution in [1.29, 1.82) is 0 Å². The standard InChI is InChI=1S/C26H23NO/c1-27-16-22-15-20(24-8-4-5-9-26(24)28)12-13-23(22)25(17-27)21-11-10-18-6-2-3-7-19(18)14-21/h2-15,25,28H,16-17H2,1H3. The number of nitrogens with zero attached hydrogens (tertiary/aromatic N) is 1. The number of phenolic OH excluding ortho intramolecular Hbond substituents is 1. The van der Waals surface area contributed by atoms with Gasteiger partial charge in [0.25, 0.3) is 0 Å². The zero-order chi connectivity index (χ0) is 19.1. The minimum absolute atomic E-state index is 0.331. The summed E-state index contributed by atoms with van der Waals surface area (Å²) in [5.41, 5.74) is 6.06. The SMILES string of the molecule is CN1Cc2cc(-c3ccccc3O)ccc2C(c2ccc3ccccc3c2)C1. The molecule has 2 nitrogen and oxygen atoms in total. The zero-order valence-electron chi connectivity index (χ0n) is 16.0. The van der Waals surface area contributed by atoms with Crippen LogP contribution in [-0.4, -0.2) is 23.6 Å². The van der Waals surface area contributed by atoms with Crippen LogP contribution in [0.1, 0.15) is 22.6 Å². The lowest BCUT2D eigenvalue weighted by Gasteiger charge is -2.33. The van der Waals surface area contributed by atoms with Crippen LogP contribution in [0.2, 0.25) is 0 Å². The molecule has 4 aromatic carbocycles. The highest BCUT2D eigenvalue weighted by Gasteiger charge is 2.25. The number of hydrogen-bond acceptors (Lipinski definition) is 2. The summed E-state index contributed by atoms with van der Waals surface area (Å²) >= 11 is 0. The third kappa shape index (κ3) is 2.96. The maximum atomic E-state index is 10.2. The second kappa shape index (κ2) is 6.81. The van der Waals surface area contributed by atoms with Gasteiger partial charge >= 0.3 is 0 Å². The largest absolute Gasteiger partial charge is 0.507 e. The Morgan fingerprint density at radius 1 is 0.821 bits per heavy atom. The van der Waals surface area contributed by atoms with Gasteiger partial charge in [0.05, 0.1) is 0 Å². The van der Waals surface area contributed by atoms with E-state index in [9.17, 15) is 5.11 Å². The van der Waals surface area contributed by atoms with Crippen molar-refractivity contribution < 1.29 is 5.11 Å². The van der Waals surface area contributed by atoms with Crippen LogP contribution in [0.3, 0.4) is 0 Å². The number of likely N-dealkylation sites (N-methyl/N-ethyl adjacent to an activating group) is 1. The molecule has 1 unspecified atom stereocenters. The van der Waals surface area contributed by atoms with Gasteiger partial charge in [-0.1, -0.05) is 72.8 Å². The quantitative estimate of drug-likeness (QED) is 0.486. The summed E-state index contributed by atoms with van der Waals surface area (Å²) < 4.78 is 0. The molecule has 4 aromatic rings. The Kier molecular flexibility index (Phi) is 4.14. The molecule has 0 amide bonds. The molecule has 5 rings (SSSR count). The first kappa shape index (κ1) is 17.0. The van der Waals surface area contributed by atoms with Crippen molar-refractivity contribution >= 4 is 10.8 Å². The summed E-state index contributed by atoms with van der Waals surface area (Å²) in [5, 5.41) is 12.8. The van der Waals surface area contributed by atoms with Crippen LogP contribution in [0.15, 0.2) is 84.9 Å². The molecule has 28 heavy (non-hydrogen) atoms. The van der Waals surface area contributed by atoms with Crippen molar-refractivity contribution in [1.82, 2.24) is 4.90 Å². The first-order valence-electron chi connectivity index (χ1n) is 9.77. The molecule has 2 heteroatoms. The summed E-state index contributed by atoms with van der Waals surface area (Å²) in [6.45, 7) is 1.95. The molecule has 0 aromatic heterocycles. The van der Waals surface area contributed by atoms with Crippen LogP contribution in [0, 0.1) is 0 Å². The van der Waals surface area contributed by atoms with Gasteiger partial charge in [0, 0.05) is 24.6 Å². The molecule has 0 spiro atoms. The molecule has 0 aliphatic carbocycles. The van der Waals surface area contributed by atoms with E-state index in [1.54, 1.807) is 6.07 Å². The molecule has 0 radical (unpaired) electrons. The van der Waals surface area contributed by atoms with Crippen molar-refractivity contribution in [3.05, 3.63) is 102 Å². The second-order valence-corrected chi connectivity index (χ2v) is 7.79. The van der Waals surface area contributed by atoms with E-state index in [0.29, 0.717) is 11.7 Å². The number of aromatic hydroxyl groups is 1. The van der Waals surface area contributed by atoms with Gasteiger partial charge in [-0.3, -0.25) is 0 Å². The van der Waals surface area contributed by atoms with E-state index in [-0.39, 0.29) is 0 Å². The molecule has 0 saturated heterocycles. The van der Waals surface area contributed by atoms with Crippen molar-refractivity contribution in [2.24, 2.45) is 0 Å². The van der Waals surface area contributed by atoms with E-state index in [4.69, 9.17) is 0 Å². The van der Waals surface area contributed by atoms with Crippen molar-refractivity contribution in [2.45, 2.75) is 12.5 Å². The summed E-state index contributed by atoms with van der Waals surface area (Å²) in [6.07, 6.45) is 0. The minimum Gasteiger partial charge on any atom is -0.507 e. The highest BCUT2D eigenvalue weighted by Crippen LogP contribution is 2.37. The van der Waals surface area contributed by atoms with Crippen LogP contribution < -0.4 is 0 Å². The third-order valence-electron chi connectivity index (χ3n) is 5.84. The molecule has 1 heterocycles. The lowest BCUT2D eigenvalue weighted by Crippen LogP contribution is -2.31. The van der Waals surface area contributed by atoms with Gasteiger partial charge in [-0.2, -0.15) is 0 Å². The molecule has 1 aliphatic rings. The van der Waals surface area contributed by atoms with E-state index in [1.807, 2.05) is 18.2 Å². The van der Waals surface area contributed by atoms with Gasteiger partial charge in [0.1, 0.15) is 5.75 Å². The van der Waals surface area contributed by atoms with Crippen LogP contribution in [0.25, 0.3) is 21.9 Å². The molecule has 1 atom stereocenters. The van der Waals surface area contributed by atoms with E-state index >= 15 is 0 Å². The first-order valence-corrected chi connectivity index (χ1v) is 9.77. The Bertz CT molecular complexity index is 1160. The van der Waals surface area contributed by atoms with Gasteiger partial charge in [0.15, 0.2) is 0 Å². The average Bonchev–Trinajstić information content (AvgIpc) is 2.72. The Morgan fingerprint density at radius 2 is 1.61 bits per heavy atom. The smallest absolute Gasteiger partial charge is 0.123 e. The summed E-state index contributed by atoms with van der Waals surface area (Å²) in [7, 11) is 2.18. The monoisotopic (exact) mass is 365 g/mol. The van der Waals surface area contributed by atoms with Gasteiger partial charge in [-0.25, -0.2) is 0 Å². The maximum Gasteiger partial charge on any atom is 0.123 e. The minimum atomic E-state index is 0.331. The highest BCUT2D eigenvalue weighted by atomic mass is 16.3. The predicted molar refractivity (Wildman–Crippen MR) is 116 cm³/mol. The highest BCUT2D eigenvalue weighted by molar-refractivity contribution is 5.83. The molecule has 0 fully saturated rings. The second-order valence-electron chi connectivity index (χ2n) is 7.79. The molecule has 1 N–H and O–H groups in total. The number of hydrogen-bond donors (Lipinski definition) is 1. The fraction of sp³-hybridized carbons (Fsp3) is 0.154. The number of benzene rings is 4. The summed E-state index contributed by atoms with van der Waals surface area (Å²) in [6, 6.07) is 29.6. The van der Waals surface area contributed by atoms with Crippen LogP contribution in [0.4, 0.5) is 0 Å². The molecular weight excluding hydrogens is 342 g/mol. The molecule has 0 bridgehead atoms. The fourth-order valence-electron chi connectivity index (χ4n) is 4.44.